The predicted molar refractivity (Wildman–Crippen MR) is 372 cm³/mol. The zero-order chi connectivity index (χ0) is 75.2. The van der Waals surface area contributed by atoms with Gasteiger partial charge in [-0.2, -0.15) is 0 Å². The molecule has 2 rings (SSSR count). The number of aliphatic hydroxyl groups is 1. The molecule has 4 unspecified atom stereocenters. The van der Waals surface area contributed by atoms with Gasteiger partial charge >= 0.3 is 59.9 Å². The first-order valence-electron chi connectivity index (χ1n) is 33.5. The fraction of sp³-hybridized carbons (Fsp3) is 0.690. The second kappa shape index (κ2) is 49.9. The smallest absolute Gasteiger partial charge is 0.407 e. The molecule has 97 heavy (non-hydrogen) atoms. The minimum atomic E-state index is -1.03. The molecule has 0 aliphatic heterocycles. The van der Waals surface area contributed by atoms with Crippen molar-refractivity contribution in [1.82, 2.24) is 16.0 Å². The number of alkyl carbamates (subject to hydrolysis) is 1. The number of benzene rings is 2. The minimum absolute atomic E-state index is 0.0309. The Kier molecular flexibility index (Phi) is 48.1. The lowest BCUT2D eigenvalue weighted by Crippen LogP contribution is -2.34. The second-order valence-electron chi connectivity index (χ2n) is 26.3. The number of carboxylic acids is 2. The number of rotatable bonds is 37. The van der Waals surface area contributed by atoms with Crippen molar-refractivity contribution in [3.63, 3.8) is 0 Å². The number of methoxy groups -OCH3 is 1. The number of carboxylic acid groups (broad SMARTS) is 2. The quantitative estimate of drug-likeness (QED) is 0.0177. The van der Waals surface area contributed by atoms with Gasteiger partial charge in [-0.05, 0) is 183 Å². The van der Waals surface area contributed by atoms with Crippen molar-refractivity contribution >= 4 is 71.3 Å². The molecule has 2 aromatic carbocycles. The number of hydrogen-bond acceptors (Lipinski definition) is 19. The molecule has 2 aromatic rings. The van der Waals surface area contributed by atoms with Crippen LogP contribution in [0.25, 0.3) is 0 Å². The first kappa shape index (κ1) is 93.6. The summed E-state index contributed by atoms with van der Waals surface area (Å²) in [7, 11) is 1.60. The van der Waals surface area contributed by atoms with Gasteiger partial charge in [-0.15, -0.1) is 0 Å². The van der Waals surface area contributed by atoms with Gasteiger partial charge in [0, 0.05) is 25.1 Å². The number of unbranched alkanes of at least 4 members (excludes halogenated alkanes) is 1. The zero-order valence-electron chi connectivity index (χ0n) is 62.1. The third kappa shape index (κ3) is 44.1. The number of esters is 5. The van der Waals surface area contributed by atoms with Crippen LogP contribution in [-0.4, -0.2) is 167 Å². The molecule has 0 aliphatic rings. The van der Waals surface area contributed by atoms with Gasteiger partial charge in [-0.1, -0.05) is 67.7 Å². The number of amides is 5. The van der Waals surface area contributed by atoms with Gasteiger partial charge in [-0.25, -0.2) is 24.0 Å². The molecule has 8 N–H and O–H groups in total. The number of carbonyl (C=O) groups is 10. The maximum Gasteiger partial charge on any atom is 0.407 e. The molecular formula is C71H121N5O21. The van der Waals surface area contributed by atoms with Gasteiger partial charge in [0.25, 0.3) is 0 Å². The highest BCUT2D eigenvalue weighted by Crippen LogP contribution is 2.25. The van der Waals surface area contributed by atoms with Gasteiger partial charge in [0.15, 0.2) is 0 Å². The summed E-state index contributed by atoms with van der Waals surface area (Å²) in [5.74, 6) is -2.75. The van der Waals surface area contributed by atoms with Gasteiger partial charge in [0.1, 0.15) is 39.1 Å². The van der Waals surface area contributed by atoms with Crippen LogP contribution in [0, 0.1) is 33.0 Å². The van der Waals surface area contributed by atoms with Crippen molar-refractivity contribution in [1.29, 1.82) is 0 Å². The molecule has 0 radical (unpaired) electrons. The Balaban J connectivity index is -0.00000117. The maximum atomic E-state index is 11.8. The van der Waals surface area contributed by atoms with Crippen LogP contribution in [-0.2, 0) is 61.9 Å². The molecule has 0 aromatic heterocycles. The van der Waals surface area contributed by atoms with Gasteiger partial charge < -0.3 is 79.8 Å². The Bertz CT molecular complexity index is 2520. The lowest BCUT2D eigenvalue weighted by Gasteiger charge is -2.21. The van der Waals surface area contributed by atoms with Gasteiger partial charge in [-0.3, -0.25) is 24.0 Å². The molecular weight excluding hydrogens is 1260 g/mol. The summed E-state index contributed by atoms with van der Waals surface area (Å²) in [5.41, 5.74) is -1.17. The van der Waals surface area contributed by atoms with Crippen molar-refractivity contribution in [2.45, 2.75) is 215 Å². The number of nitrogens with one attached hydrogen (secondary N) is 5. The number of aliphatic hydroxyl groups excluding tert-OH is 1. The van der Waals surface area contributed by atoms with E-state index in [1.54, 1.807) is 48.7 Å². The highest BCUT2D eigenvalue weighted by Gasteiger charge is 2.31. The fourth-order valence-electron chi connectivity index (χ4n) is 6.37. The van der Waals surface area contributed by atoms with E-state index in [1.165, 1.54) is 67.8 Å². The van der Waals surface area contributed by atoms with E-state index >= 15 is 0 Å². The van der Waals surface area contributed by atoms with Crippen molar-refractivity contribution in [2.24, 2.45) is 33.0 Å². The predicted octanol–water partition coefficient (Wildman–Crippen LogP) is 12.6. The summed E-state index contributed by atoms with van der Waals surface area (Å²) in [6.45, 7) is 40.0. The van der Waals surface area contributed by atoms with Gasteiger partial charge in [0.2, 0.25) is 0 Å². The lowest BCUT2D eigenvalue weighted by atomic mass is 9.91. The number of aromatic carboxylic acids is 2. The van der Waals surface area contributed by atoms with Crippen LogP contribution >= 0.6 is 0 Å². The molecule has 0 saturated carbocycles. The highest BCUT2D eigenvalue weighted by molar-refractivity contribution is 5.92. The molecule has 0 saturated heterocycles. The number of ether oxygens (including phenoxy) is 8. The number of anilines is 2. The first-order chi connectivity index (χ1) is 45.1. The molecule has 4 atom stereocenters. The average Bonchev–Trinajstić information content (AvgIpc) is 1.14. The normalized spacial score (nSPS) is 12.4. The highest BCUT2D eigenvalue weighted by atomic mass is 16.6. The summed E-state index contributed by atoms with van der Waals surface area (Å²) < 4.78 is 41.2. The first-order valence-corrected chi connectivity index (χ1v) is 33.5. The summed E-state index contributed by atoms with van der Waals surface area (Å²) >= 11 is 0. The largest absolute Gasteiger partial charge is 0.478 e. The Morgan fingerprint density at radius 2 is 0.773 bits per heavy atom. The van der Waals surface area contributed by atoms with Crippen molar-refractivity contribution in [3.8, 4) is 0 Å². The topological polar surface area (TPSA) is 365 Å². The van der Waals surface area contributed by atoms with Crippen LogP contribution in [0.3, 0.4) is 0 Å². The minimum Gasteiger partial charge on any atom is -0.478 e. The number of hydrogen-bond donors (Lipinski definition) is 8. The Morgan fingerprint density at radius 3 is 1.07 bits per heavy atom. The van der Waals surface area contributed by atoms with Crippen molar-refractivity contribution in [3.05, 3.63) is 59.7 Å². The van der Waals surface area contributed by atoms with E-state index in [0.717, 1.165) is 19.3 Å². The van der Waals surface area contributed by atoms with E-state index in [4.69, 9.17) is 53.2 Å². The van der Waals surface area contributed by atoms with E-state index in [9.17, 15) is 47.9 Å². The Hall–Kier alpha value is -7.58. The van der Waals surface area contributed by atoms with E-state index < -0.39 is 57.9 Å². The molecule has 0 bridgehead atoms. The average molecular weight is 1380 g/mol. The SMILES string of the molecule is CCC(C)(C)C(=O)OCC(C)O.CCC(C)(C)C(=O)OCC(C)OC.CCC(C)(C)C(=O)OCCNC(=O)Nc1ccc(C(=O)O)cc1.CCC(C)(C)C(=O)OCCNC(=O)Nc1ccc(C(=O)O)cc1.CCCCC(CC)COCC(C)OC(=O)NCCOC(=O)C(C)(C)CC. The fourth-order valence-corrected chi connectivity index (χ4v) is 6.37. The van der Waals surface area contributed by atoms with Crippen molar-refractivity contribution in [2.75, 3.05) is 83.6 Å². The van der Waals surface area contributed by atoms with Crippen LogP contribution in [0.5, 0.6) is 0 Å². The molecule has 0 fully saturated rings. The summed E-state index contributed by atoms with van der Waals surface area (Å²) in [6.07, 6.45) is 6.81. The number of carbonyl (C=O) groups excluding carboxylic acids is 8. The molecule has 5 amide bonds. The van der Waals surface area contributed by atoms with Gasteiger partial charge in [0.05, 0.1) is 76.7 Å². The molecule has 556 valence electrons. The molecule has 0 heterocycles. The van der Waals surface area contributed by atoms with Crippen LogP contribution in [0.2, 0.25) is 0 Å². The van der Waals surface area contributed by atoms with Crippen molar-refractivity contribution < 1.29 is 101 Å². The molecule has 0 spiro atoms. The lowest BCUT2D eigenvalue weighted by molar-refractivity contribution is -0.157. The van der Waals surface area contributed by atoms with E-state index in [-0.39, 0.29) is 105 Å². The van der Waals surface area contributed by atoms with E-state index in [1.807, 2.05) is 83.1 Å². The van der Waals surface area contributed by atoms with E-state index in [2.05, 4.69) is 40.4 Å². The van der Waals surface area contributed by atoms with Crippen LogP contribution in [0.1, 0.15) is 217 Å². The Labute approximate surface area is 577 Å². The van der Waals surface area contributed by atoms with Crippen LogP contribution < -0.4 is 26.6 Å². The molecule has 0 aliphatic carbocycles. The molecule has 26 nitrogen and oxygen atoms in total. The molecule has 26 heteroatoms. The zero-order valence-corrected chi connectivity index (χ0v) is 62.1. The second-order valence-corrected chi connectivity index (χ2v) is 26.3. The standard InChI is InChI=1S/C20H39NO5.2C16H22N2O5.C10H20O3.C9H18O3/c1-7-10-11-17(8-2)15-24-14-16(4)26-19(23)21-12-13-25-18(22)20(5,6)9-3;2*1-4-16(2,3)14(21)23-10-9-17-15(22)18-12-7-5-11(6-8-12)13(19)20;1-6-10(3,4)9(11)13-7-8(2)12-5;1-5-9(3,4)8(11)12-6-7(2)10/h16-17H,7-15H2,1-6H3,(H,21,23);2*5-8H,4,9-10H2,1-3H3,(H,19,20)(H2,17,18,22);8H,6-7H2,1-5H3;7,10H,5-6H2,1-4H3. The number of urea groups is 2. The third-order valence-corrected chi connectivity index (χ3v) is 15.7. The summed E-state index contributed by atoms with van der Waals surface area (Å²) in [6, 6.07) is 10.6. The third-order valence-electron chi connectivity index (χ3n) is 15.7. The van der Waals surface area contributed by atoms with E-state index in [0.29, 0.717) is 56.4 Å². The summed E-state index contributed by atoms with van der Waals surface area (Å²) in [5, 5.41) is 39.2. The van der Waals surface area contributed by atoms with Crippen LogP contribution in [0.15, 0.2) is 48.5 Å². The summed E-state index contributed by atoms with van der Waals surface area (Å²) in [4.78, 5) is 114. The van der Waals surface area contributed by atoms with Crippen LogP contribution in [0.4, 0.5) is 25.8 Å². The Morgan fingerprint density at radius 1 is 0.443 bits per heavy atom. The maximum absolute atomic E-state index is 11.8. The monoisotopic (exact) mass is 1380 g/mol.